The summed E-state index contributed by atoms with van der Waals surface area (Å²) in [6.07, 6.45) is 1.34. The molecule has 0 spiro atoms. The number of hydrogen-bond donors (Lipinski definition) is 4. The van der Waals surface area contributed by atoms with Crippen LogP contribution in [0.15, 0.2) is 30.6 Å². The van der Waals surface area contributed by atoms with Crippen LogP contribution in [0.25, 0.3) is 0 Å². The fourth-order valence-electron chi connectivity index (χ4n) is 1.61. The number of anilines is 2. The number of benzene rings is 1. The largest absolute Gasteiger partial charge is 0.508 e. The van der Waals surface area contributed by atoms with Gasteiger partial charge in [-0.2, -0.15) is 0 Å². The van der Waals surface area contributed by atoms with E-state index in [-0.39, 0.29) is 17.3 Å². The molecule has 0 aliphatic heterocycles. The summed E-state index contributed by atoms with van der Waals surface area (Å²) in [7, 11) is 1.70. The molecular weight excluding hydrogens is 230 g/mol. The third kappa shape index (κ3) is 2.08. The van der Waals surface area contributed by atoms with Crippen molar-refractivity contribution < 1.29 is 5.11 Å². The number of nitrogens with zero attached hydrogens (tertiary/aromatic N) is 2. The molecule has 92 valence electrons. The highest BCUT2D eigenvalue weighted by molar-refractivity contribution is 6.16. The Bertz CT molecular complexity index is 580. The molecule has 0 aliphatic rings. The summed E-state index contributed by atoms with van der Waals surface area (Å²) in [5, 5.41) is 20.3. The first-order valence-electron chi connectivity index (χ1n) is 5.30. The van der Waals surface area contributed by atoms with Crippen molar-refractivity contribution in [3.63, 3.8) is 0 Å². The van der Waals surface area contributed by atoms with Gasteiger partial charge in [-0.3, -0.25) is 5.41 Å². The van der Waals surface area contributed by atoms with E-state index in [9.17, 15) is 5.11 Å². The number of phenols is 1. The Morgan fingerprint density at radius 1 is 1.28 bits per heavy atom. The van der Waals surface area contributed by atoms with E-state index in [1.807, 2.05) is 0 Å². The normalized spacial score (nSPS) is 10.1. The molecule has 2 rings (SSSR count). The lowest BCUT2D eigenvalue weighted by Crippen LogP contribution is -2.11. The first kappa shape index (κ1) is 11.8. The molecule has 0 radical (unpaired) electrons. The van der Waals surface area contributed by atoms with Crippen molar-refractivity contribution in [2.24, 2.45) is 0 Å². The minimum atomic E-state index is 0.151. The molecule has 0 bridgehead atoms. The van der Waals surface area contributed by atoms with Crippen LogP contribution in [0, 0.1) is 5.41 Å². The molecule has 0 fully saturated rings. The number of rotatable bonds is 3. The highest BCUT2D eigenvalue weighted by atomic mass is 16.3. The molecule has 0 unspecified atom stereocenters. The number of hydrogen-bond acceptors (Lipinski definition) is 6. The van der Waals surface area contributed by atoms with Gasteiger partial charge in [0.05, 0.1) is 11.3 Å². The van der Waals surface area contributed by atoms with Crippen molar-refractivity contribution in [2.45, 2.75) is 0 Å². The third-order valence-electron chi connectivity index (χ3n) is 2.52. The maximum Gasteiger partial charge on any atom is 0.140 e. The molecular formula is C12H13N5O. The van der Waals surface area contributed by atoms with Crippen LogP contribution >= 0.6 is 0 Å². The monoisotopic (exact) mass is 243 g/mol. The molecule has 6 heteroatoms. The fourth-order valence-corrected chi connectivity index (χ4v) is 1.61. The quantitative estimate of drug-likeness (QED) is 0.606. The molecule has 0 aliphatic carbocycles. The lowest BCUT2D eigenvalue weighted by molar-refractivity contribution is 0.475. The number of nitrogens with two attached hydrogens (primary N) is 1. The summed E-state index contributed by atoms with van der Waals surface area (Å²) < 4.78 is 0. The molecule has 1 aromatic heterocycles. The molecule has 6 nitrogen and oxygen atoms in total. The van der Waals surface area contributed by atoms with Crippen LogP contribution in [0.2, 0.25) is 0 Å². The van der Waals surface area contributed by atoms with Crippen LogP contribution in [0.3, 0.4) is 0 Å². The number of phenolic OH excluding ortho intramolecular Hbond substituents is 1. The van der Waals surface area contributed by atoms with Crippen LogP contribution in [-0.2, 0) is 0 Å². The van der Waals surface area contributed by atoms with Gasteiger partial charge in [-0.1, -0.05) is 0 Å². The topological polar surface area (TPSA) is 108 Å². The molecule has 2 aromatic rings. The lowest BCUT2D eigenvalue weighted by atomic mass is 10.0. The van der Waals surface area contributed by atoms with E-state index >= 15 is 0 Å². The summed E-state index contributed by atoms with van der Waals surface area (Å²) in [4.78, 5) is 7.92. The average Bonchev–Trinajstić information content (AvgIpc) is 2.38. The predicted octanol–water partition coefficient (Wildman–Crippen LogP) is 1.22. The van der Waals surface area contributed by atoms with Crippen LogP contribution in [-0.4, -0.2) is 27.8 Å². The van der Waals surface area contributed by atoms with E-state index in [1.54, 1.807) is 19.2 Å². The van der Waals surface area contributed by atoms with E-state index in [4.69, 9.17) is 11.1 Å². The minimum absolute atomic E-state index is 0.151. The molecule has 5 N–H and O–H groups in total. The van der Waals surface area contributed by atoms with Gasteiger partial charge in [0.15, 0.2) is 0 Å². The second-order valence-corrected chi connectivity index (χ2v) is 3.65. The van der Waals surface area contributed by atoms with Crippen molar-refractivity contribution in [1.82, 2.24) is 9.97 Å². The van der Waals surface area contributed by atoms with Crippen LogP contribution in [0.1, 0.15) is 11.1 Å². The molecule has 18 heavy (non-hydrogen) atoms. The lowest BCUT2D eigenvalue weighted by Gasteiger charge is -2.11. The van der Waals surface area contributed by atoms with Gasteiger partial charge < -0.3 is 16.2 Å². The fraction of sp³-hybridized carbons (Fsp3) is 0.0833. The van der Waals surface area contributed by atoms with Crippen LogP contribution in [0.5, 0.6) is 5.75 Å². The van der Waals surface area contributed by atoms with Gasteiger partial charge in [0.25, 0.3) is 0 Å². The van der Waals surface area contributed by atoms with Gasteiger partial charge in [0.1, 0.15) is 23.7 Å². The van der Waals surface area contributed by atoms with Crippen molar-refractivity contribution in [2.75, 3.05) is 18.1 Å². The smallest absolute Gasteiger partial charge is 0.140 e. The number of aromatic hydroxyl groups is 1. The zero-order valence-corrected chi connectivity index (χ0v) is 9.81. The van der Waals surface area contributed by atoms with Crippen molar-refractivity contribution in [1.29, 1.82) is 5.41 Å². The zero-order valence-electron chi connectivity index (χ0n) is 9.81. The highest BCUT2D eigenvalue weighted by Gasteiger charge is 2.15. The maximum absolute atomic E-state index is 9.23. The Labute approximate surface area is 104 Å². The predicted molar refractivity (Wildman–Crippen MR) is 70.0 cm³/mol. The van der Waals surface area contributed by atoms with Gasteiger partial charge in [-0.05, 0) is 24.3 Å². The second-order valence-electron chi connectivity index (χ2n) is 3.65. The Balaban J connectivity index is 2.49. The summed E-state index contributed by atoms with van der Waals surface area (Å²) in [5.74, 6) is 0.894. The number of nitrogen functional groups attached to an aromatic ring is 1. The summed E-state index contributed by atoms with van der Waals surface area (Å²) >= 11 is 0. The van der Waals surface area contributed by atoms with Gasteiger partial charge in [0, 0.05) is 12.6 Å². The van der Waals surface area contributed by atoms with Gasteiger partial charge in [-0.15, -0.1) is 0 Å². The van der Waals surface area contributed by atoms with Crippen molar-refractivity contribution in [3.05, 3.63) is 41.7 Å². The molecule has 0 saturated carbocycles. The molecule has 1 aromatic carbocycles. The van der Waals surface area contributed by atoms with Gasteiger partial charge >= 0.3 is 0 Å². The van der Waals surface area contributed by atoms with Crippen molar-refractivity contribution in [3.8, 4) is 5.75 Å². The van der Waals surface area contributed by atoms with Crippen molar-refractivity contribution >= 4 is 17.3 Å². The number of nitrogens with one attached hydrogen (secondary N) is 2. The molecule has 0 saturated heterocycles. The number of aromatic nitrogens is 2. The van der Waals surface area contributed by atoms with Crippen LogP contribution in [0.4, 0.5) is 11.6 Å². The van der Waals surface area contributed by atoms with Gasteiger partial charge in [-0.25, -0.2) is 9.97 Å². The van der Waals surface area contributed by atoms with Crippen LogP contribution < -0.4 is 11.1 Å². The first-order chi connectivity index (χ1) is 8.63. The minimum Gasteiger partial charge on any atom is -0.508 e. The Morgan fingerprint density at radius 2 is 1.94 bits per heavy atom. The SMILES string of the molecule is CNc1ncnc(N)c1C(=N)c1ccc(O)cc1. The highest BCUT2D eigenvalue weighted by Crippen LogP contribution is 2.21. The van der Waals surface area contributed by atoms with Gasteiger partial charge in [0.2, 0.25) is 0 Å². The maximum atomic E-state index is 9.23. The second kappa shape index (κ2) is 4.70. The van der Waals surface area contributed by atoms with E-state index < -0.39 is 0 Å². The Kier molecular flexibility index (Phi) is 3.09. The van der Waals surface area contributed by atoms with E-state index in [1.165, 1.54) is 18.5 Å². The average molecular weight is 243 g/mol. The standard InChI is InChI=1S/C12H13N5O/c1-15-12-9(11(14)16-6-17-12)10(13)7-2-4-8(18)5-3-7/h2-6,13,18H,1H3,(H3,14,15,16,17). The Morgan fingerprint density at radius 3 is 2.56 bits per heavy atom. The Hall–Kier alpha value is -2.63. The molecule has 1 heterocycles. The third-order valence-corrected chi connectivity index (χ3v) is 2.52. The summed E-state index contributed by atoms with van der Waals surface area (Å²) in [6.45, 7) is 0. The van der Waals surface area contributed by atoms with E-state index in [0.29, 0.717) is 16.9 Å². The van der Waals surface area contributed by atoms with E-state index in [0.717, 1.165) is 0 Å². The first-order valence-corrected chi connectivity index (χ1v) is 5.30. The zero-order chi connectivity index (χ0) is 13.1. The summed E-state index contributed by atoms with van der Waals surface area (Å²) in [5.41, 5.74) is 7.07. The molecule has 0 atom stereocenters. The van der Waals surface area contributed by atoms with E-state index in [2.05, 4.69) is 15.3 Å². The summed E-state index contributed by atoms with van der Waals surface area (Å²) in [6, 6.07) is 6.32. The molecule has 0 amide bonds.